The Kier molecular flexibility index (Phi) is 3.71. The van der Waals surface area contributed by atoms with Crippen LogP contribution < -0.4 is 10.5 Å². The molecule has 0 aliphatic rings. The van der Waals surface area contributed by atoms with E-state index in [1.165, 1.54) is 0 Å². The molecular formula is C9H12BrNO2. The van der Waals surface area contributed by atoms with Crippen molar-refractivity contribution in [1.82, 2.24) is 0 Å². The summed E-state index contributed by atoms with van der Waals surface area (Å²) in [7, 11) is 1.59. The van der Waals surface area contributed by atoms with Crippen molar-refractivity contribution >= 4 is 15.9 Å². The molecule has 0 heterocycles. The molecule has 0 saturated heterocycles. The molecule has 0 amide bonds. The van der Waals surface area contributed by atoms with E-state index in [0.29, 0.717) is 0 Å². The SMILES string of the molecule is COc1cc(Br)cc([C@@H](N)CO)c1. The predicted octanol–water partition coefficient (Wildman–Crippen LogP) is 1.45. The van der Waals surface area contributed by atoms with Crippen molar-refractivity contribution in [3.05, 3.63) is 28.2 Å². The van der Waals surface area contributed by atoms with Gasteiger partial charge in [0.2, 0.25) is 0 Å². The highest BCUT2D eigenvalue weighted by Crippen LogP contribution is 2.23. The van der Waals surface area contributed by atoms with Gasteiger partial charge in [-0.2, -0.15) is 0 Å². The molecule has 4 heteroatoms. The zero-order valence-corrected chi connectivity index (χ0v) is 8.91. The van der Waals surface area contributed by atoms with Gasteiger partial charge in [-0.3, -0.25) is 0 Å². The zero-order chi connectivity index (χ0) is 9.84. The van der Waals surface area contributed by atoms with Gasteiger partial charge in [0.05, 0.1) is 19.8 Å². The third-order valence-electron chi connectivity index (χ3n) is 1.75. The summed E-state index contributed by atoms with van der Waals surface area (Å²) >= 11 is 3.33. The van der Waals surface area contributed by atoms with Crippen LogP contribution in [0.3, 0.4) is 0 Å². The van der Waals surface area contributed by atoms with Crippen molar-refractivity contribution in [3.63, 3.8) is 0 Å². The van der Waals surface area contributed by atoms with Crippen LogP contribution in [0.1, 0.15) is 11.6 Å². The van der Waals surface area contributed by atoms with Gasteiger partial charge < -0.3 is 15.6 Å². The van der Waals surface area contributed by atoms with Gasteiger partial charge in [-0.15, -0.1) is 0 Å². The Balaban J connectivity index is 3.01. The smallest absolute Gasteiger partial charge is 0.120 e. The van der Waals surface area contributed by atoms with E-state index in [1.807, 2.05) is 18.2 Å². The van der Waals surface area contributed by atoms with Crippen molar-refractivity contribution in [3.8, 4) is 5.75 Å². The fourth-order valence-electron chi connectivity index (χ4n) is 1.02. The number of benzene rings is 1. The van der Waals surface area contributed by atoms with E-state index in [0.717, 1.165) is 15.8 Å². The molecule has 0 aliphatic carbocycles. The Bertz CT molecular complexity index is 291. The monoisotopic (exact) mass is 245 g/mol. The Hall–Kier alpha value is -0.580. The predicted molar refractivity (Wildman–Crippen MR) is 54.7 cm³/mol. The first-order valence-corrected chi connectivity index (χ1v) is 4.67. The lowest BCUT2D eigenvalue weighted by Gasteiger charge is -2.10. The van der Waals surface area contributed by atoms with Crippen LogP contribution in [0.4, 0.5) is 0 Å². The first-order valence-electron chi connectivity index (χ1n) is 3.88. The van der Waals surface area contributed by atoms with E-state index >= 15 is 0 Å². The third-order valence-corrected chi connectivity index (χ3v) is 2.21. The lowest BCUT2D eigenvalue weighted by atomic mass is 10.1. The number of methoxy groups -OCH3 is 1. The van der Waals surface area contributed by atoms with Gasteiger partial charge in [0.25, 0.3) is 0 Å². The number of rotatable bonds is 3. The van der Waals surface area contributed by atoms with Gasteiger partial charge in [0.1, 0.15) is 5.75 Å². The fraction of sp³-hybridized carbons (Fsp3) is 0.333. The molecule has 13 heavy (non-hydrogen) atoms. The molecule has 0 spiro atoms. The van der Waals surface area contributed by atoms with E-state index in [9.17, 15) is 0 Å². The largest absolute Gasteiger partial charge is 0.497 e. The van der Waals surface area contributed by atoms with Crippen molar-refractivity contribution in [2.45, 2.75) is 6.04 Å². The van der Waals surface area contributed by atoms with Gasteiger partial charge >= 0.3 is 0 Å². The number of hydrogen-bond acceptors (Lipinski definition) is 3. The molecule has 0 aromatic heterocycles. The summed E-state index contributed by atoms with van der Waals surface area (Å²) < 4.78 is 5.96. The molecule has 3 N–H and O–H groups in total. The van der Waals surface area contributed by atoms with Crippen LogP contribution >= 0.6 is 15.9 Å². The van der Waals surface area contributed by atoms with Crippen LogP contribution in [-0.4, -0.2) is 18.8 Å². The summed E-state index contributed by atoms with van der Waals surface area (Å²) in [5.41, 5.74) is 6.52. The summed E-state index contributed by atoms with van der Waals surface area (Å²) in [6, 6.07) is 5.16. The van der Waals surface area contributed by atoms with Crippen LogP contribution in [-0.2, 0) is 0 Å². The van der Waals surface area contributed by atoms with Crippen molar-refractivity contribution in [2.75, 3.05) is 13.7 Å². The van der Waals surface area contributed by atoms with Crippen molar-refractivity contribution in [1.29, 1.82) is 0 Å². The van der Waals surface area contributed by atoms with Gasteiger partial charge in [0, 0.05) is 4.47 Å². The Morgan fingerprint density at radius 1 is 1.54 bits per heavy atom. The second kappa shape index (κ2) is 4.60. The number of ether oxygens (including phenoxy) is 1. The number of aliphatic hydroxyl groups is 1. The second-order valence-electron chi connectivity index (χ2n) is 2.71. The summed E-state index contributed by atoms with van der Waals surface area (Å²) in [6.45, 7) is -0.0698. The maximum atomic E-state index is 8.86. The number of aliphatic hydroxyl groups excluding tert-OH is 1. The Morgan fingerprint density at radius 2 is 2.23 bits per heavy atom. The van der Waals surface area contributed by atoms with E-state index in [1.54, 1.807) is 7.11 Å². The number of halogens is 1. The summed E-state index contributed by atoms with van der Waals surface area (Å²) in [5, 5.41) is 8.86. The van der Waals surface area contributed by atoms with Crippen molar-refractivity contribution in [2.24, 2.45) is 5.73 Å². The highest BCUT2D eigenvalue weighted by Gasteiger charge is 2.06. The van der Waals surface area contributed by atoms with E-state index < -0.39 is 0 Å². The number of hydrogen-bond donors (Lipinski definition) is 2. The zero-order valence-electron chi connectivity index (χ0n) is 7.33. The summed E-state index contributed by atoms with van der Waals surface area (Å²) in [4.78, 5) is 0. The fourth-order valence-corrected chi connectivity index (χ4v) is 1.51. The summed E-state index contributed by atoms with van der Waals surface area (Å²) in [6.07, 6.45) is 0. The van der Waals surface area contributed by atoms with E-state index in [4.69, 9.17) is 15.6 Å². The average molecular weight is 246 g/mol. The molecule has 0 saturated carbocycles. The molecule has 0 bridgehead atoms. The van der Waals surface area contributed by atoms with Crippen molar-refractivity contribution < 1.29 is 9.84 Å². The molecule has 72 valence electrons. The van der Waals surface area contributed by atoms with Gasteiger partial charge in [-0.1, -0.05) is 15.9 Å². The van der Waals surface area contributed by atoms with E-state index in [-0.39, 0.29) is 12.6 Å². The summed E-state index contributed by atoms with van der Waals surface area (Å²) in [5.74, 6) is 0.730. The first kappa shape index (κ1) is 10.5. The minimum absolute atomic E-state index is 0.0698. The molecule has 0 radical (unpaired) electrons. The third kappa shape index (κ3) is 2.69. The molecule has 1 atom stereocenters. The molecule has 0 unspecified atom stereocenters. The minimum atomic E-state index is -0.355. The second-order valence-corrected chi connectivity index (χ2v) is 3.63. The Morgan fingerprint density at radius 3 is 2.77 bits per heavy atom. The van der Waals surface area contributed by atoms with Crippen LogP contribution in [0.2, 0.25) is 0 Å². The van der Waals surface area contributed by atoms with Crippen LogP contribution in [0.5, 0.6) is 5.75 Å². The van der Waals surface area contributed by atoms with E-state index in [2.05, 4.69) is 15.9 Å². The van der Waals surface area contributed by atoms with Gasteiger partial charge in [-0.05, 0) is 23.8 Å². The highest BCUT2D eigenvalue weighted by atomic mass is 79.9. The van der Waals surface area contributed by atoms with Gasteiger partial charge in [-0.25, -0.2) is 0 Å². The maximum Gasteiger partial charge on any atom is 0.120 e. The molecule has 1 aromatic carbocycles. The van der Waals surface area contributed by atoms with Crippen LogP contribution in [0, 0.1) is 0 Å². The van der Waals surface area contributed by atoms with Crippen LogP contribution in [0.15, 0.2) is 22.7 Å². The molecule has 1 aromatic rings. The molecule has 3 nitrogen and oxygen atoms in total. The minimum Gasteiger partial charge on any atom is -0.497 e. The Labute approximate surface area is 85.6 Å². The average Bonchev–Trinajstić information content (AvgIpc) is 2.15. The standard InChI is InChI=1S/C9H12BrNO2/c1-13-8-3-6(9(11)5-12)2-7(10)4-8/h2-4,9,12H,5,11H2,1H3/t9-/m0/s1. The normalized spacial score (nSPS) is 12.6. The maximum absolute atomic E-state index is 8.86. The van der Waals surface area contributed by atoms with Crippen LogP contribution in [0.25, 0.3) is 0 Å². The lowest BCUT2D eigenvalue weighted by molar-refractivity contribution is 0.267. The van der Waals surface area contributed by atoms with Gasteiger partial charge in [0.15, 0.2) is 0 Å². The molecular weight excluding hydrogens is 234 g/mol. The molecule has 0 aliphatic heterocycles. The number of nitrogens with two attached hydrogens (primary N) is 1. The topological polar surface area (TPSA) is 55.5 Å². The highest BCUT2D eigenvalue weighted by molar-refractivity contribution is 9.10. The first-order chi connectivity index (χ1) is 6.17. The lowest BCUT2D eigenvalue weighted by Crippen LogP contribution is -2.14. The molecule has 0 fully saturated rings. The molecule has 1 rings (SSSR count). The quantitative estimate of drug-likeness (QED) is 0.848.